The molecule has 0 unspecified atom stereocenters. The molecule has 2 aromatic rings. The standard InChI is InChI=1S/C18H17N3O3S/c1-11-5-3-4-6-12(11)16(22)20-17-14(9-19)13-7-8-21(18(23)24-2)10-15(13)25-17/h3-6H,7-8,10H2,1-2H3,(H,20,22). The lowest BCUT2D eigenvalue weighted by Gasteiger charge is -2.25. The second kappa shape index (κ2) is 6.95. The normalized spacial score (nSPS) is 12.9. The molecule has 1 aromatic carbocycles. The van der Waals surface area contributed by atoms with Gasteiger partial charge >= 0.3 is 6.09 Å². The average Bonchev–Trinajstić information content (AvgIpc) is 2.97. The summed E-state index contributed by atoms with van der Waals surface area (Å²) >= 11 is 1.34. The van der Waals surface area contributed by atoms with Gasteiger partial charge < -0.3 is 15.0 Å². The van der Waals surface area contributed by atoms with Crippen molar-refractivity contribution in [2.24, 2.45) is 0 Å². The van der Waals surface area contributed by atoms with Crippen LogP contribution in [0, 0.1) is 18.3 Å². The Balaban J connectivity index is 1.88. The van der Waals surface area contributed by atoms with Gasteiger partial charge in [0.2, 0.25) is 0 Å². The number of carbonyl (C=O) groups excluding carboxylic acids is 2. The van der Waals surface area contributed by atoms with Crippen molar-refractivity contribution >= 4 is 28.3 Å². The first-order valence-corrected chi connectivity index (χ1v) is 8.61. The first-order chi connectivity index (χ1) is 12.0. The molecule has 7 heteroatoms. The lowest BCUT2D eigenvalue weighted by atomic mass is 10.0. The molecule has 25 heavy (non-hydrogen) atoms. The molecular formula is C18H17N3O3S. The number of hydrogen-bond acceptors (Lipinski definition) is 5. The van der Waals surface area contributed by atoms with Gasteiger partial charge in [0, 0.05) is 17.0 Å². The van der Waals surface area contributed by atoms with Gasteiger partial charge in [-0.1, -0.05) is 18.2 Å². The number of amides is 2. The lowest BCUT2D eigenvalue weighted by molar-refractivity contribution is 0.102. The number of rotatable bonds is 2. The molecule has 0 saturated carbocycles. The van der Waals surface area contributed by atoms with Gasteiger partial charge in [0.25, 0.3) is 5.91 Å². The van der Waals surface area contributed by atoms with Gasteiger partial charge in [-0.15, -0.1) is 11.3 Å². The largest absolute Gasteiger partial charge is 0.453 e. The van der Waals surface area contributed by atoms with Gasteiger partial charge in [0.15, 0.2) is 0 Å². The van der Waals surface area contributed by atoms with E-state index in [4.69, 9.17) is 4.74 Å². The van der Waals surface area contributed by atoms with Crippen LogP contribution < -0.4 is 5.32 Å². The second-order valence-corrected chi connectivity index (χ2v) is 6.84. The molecule has 2 heterocycles. The maximum Gasteiger partial charge on any atom is 0.409 e. The van der Waals surface area contributed by atoms with Crippen molar-refractivity contribution in [3.05, 3.63) is 51.4 Å². The Kier molecular flexibility index (Phi) is 4.72. The van der Waals surface area contributed by atoms with E-state index in [1.54, 1.807) is 17.0 Å². The number of fused-ring (bicyclic) bond motifs is 1. The van der Waals surface area contributed by atoms with Crippen LogP contribution in [0.15, 0.2) is 24.3 Å². The fourth-order valence-corrected chi connectivity index (χ4v) is 4.10. The molecule has 0 radical (unpaired) electrons. The highest BCUT2D eigenvalue weighted by Crippen LogP contribution is 2.37. The Morgan fingerprint density at radius 2 is 2.12 bits per heavy atom. The number of methoxy groups -OCH3 is 1. The Morgan fingerprint density at radius 3 is 2.80 bits per heavy atom. The third-order valence-corrected chi connectivity index (χ3v) is 5.35. The first-order valence-electron chi connectivity index (χ1n) is 7.79. The second-order valence-electron chi connectivity index (χ2n) is 5.73. The summed E-state index contributed by atoms with van der Waals surface area (Å²) in [6.07, 6.45) is 0.187. The van der Waals surface area contributed by atoms with Gasteiger partial charge in [-0.3, -0.25) is 4.79 Å². The number of carbonyl (C=O) groups is 2. The predicted octanol–water partition coefficient (Wildman–Crippen LogP) is 3.31. The third kappa shape index (κ3) is 3.21. The van der Waals surface area contributed by atoms with E-state index in [0.29, 0.717) is 35.6 Å². The SMILES string of the molecule is COC(=O)N1CCc2c(sc(NC(=O)c3ccccc3C)c2C#N)C1. The number of ether oxygens (including phenoxy) is 1. The molecule has 0 saturated heterocycles. The molecule has 1 N–H and O–H groups in total. The highest BCUT2D eigenvalue weighted by atomic mass is 32.1. The van der Waals surface area contributed by atoms with E-state index in [-0.39, 0.29) is 12.0 Å². The maximum absolute atomic E-state index is 12.5. The summed E-state index contributed by atoms with van der Waals surface area (Å²) < 4.78 is 4.76. The summed E-state index contributed by atoms with van der Waals surface area (Å²) in [6.45, 7) is 2.76. The zero-order chi connectivity index (χ0) is 18.0. The molecule has 0 aliphatic carbocycles. The highest BCUT2D eigenvalue weighted by Gasteiger charge is 2.28. The number of nitrogens with zero attached hydrogens (tertiary/aromatic N) is 2. The summed E-state index contributed by atoms with van der Waals surface area (Å²) in [5.74, 6) is -0.238. The first kappa shape index (κ1) is 17.0. The number of nitrogens with one attached hydrogen (secondary N) is 1. The molecule has 0 fully saturated rings. The van der Waals surface area contributed by atoms with Crippen LogP contribution in [0.5, 0.6) is 0 Å². The van der Waals surface area contributed by atoms with Crippen molar-refractivity contribution in [3.8, 4) is 6.07 Å². The fraction of sp³-hybridized carbons (Fsp3) is 0.278. The number of aryl methyl sites for hydroxylation is 1. The smallest absolute Gasteiger partial charge is 0.409 e. The molecule has 128 valence electrons. The van der Waals surface area contributed by atoms with E-state index in [9.17, 15) is 14.9 Å². The highest BCUT2D eigenvalue weighted by molar-refractivity contribution is 7.16. The molecule has 0 atom stereocenters. The summed E-state index contributed by atoms with van der Waals surface area (Å²) in [5.41, 5.74) is 2.85. The minimum Gasteiger partial charge on any atom is -0.453 e. The van der Waals surface area contributed by atoms with Crippen LogP contribution in [0.4, 0.5) is 9.80 Å². The zero-order valence-electron chi connectivity index (χ0n) is 14.0. The van der Waals surface area contributed by atoms with Crippen LogP contribution in [-0.4, -0.2) is 30.6 Å². The topological polar surface area (TPSA) is 82.4 Å². The predicted molar refractivity (Wildman–Crippen MR) is 94.7 cm³/mol. The Hall–Kier alpha value is -2.85. The van der Waals surface area contributed by atoms with E-state index >= 15 is 0 Å². The molecule has 0 spiro atoms. The van der Waals surface area contributed by atoms with Crippen molar-refractivity contribution in [2.75, 3.05) is 19.0 Å². The average molecular weight is 355 g/mol. The summed E-state index contributed by atoms with van der Waals surface area (Å²) in [6, 6.07) is 9.50. The fourth-order valence-electron chi connectivity index (χ4n) is 2.89. The van der Waals surface area contributed by atoms with Crippen molar-refractivity contribution in [1.29, 1.82) is 5.26 Å². The number of anilines is 1. The quantitative estimate of drug-likeness (QED) is 0.896. The van der Waals surface area contributed by atoms with Gasteiger partial charge in [0.1, 0.15) is 11.1 Å². The van der Waals surface area contributed by atoms with Crippen LogP contribution in [0.1, 0.15) is 31.9 Å². The van der Waals surface area contributed by atoms with Crippen molar-refractivity contribution in [1.82, 2.24) is 4.90 Å². The van der Waals surface area contributed by atoms with Crippen LogP contribution >= 0.6 is 11.3 Å². The number of thiophene rings is 1. The Labute approximate surface area is 149 Å². The number of nitriles is 1. The minimum absolute atomic E-state index is 0.238. The number of benzene rings is 1. The zero-order valence-corrected chi connectivity index (χ0v) is 14.8. The van der Waals surface area contributed by atoms with E-state index in [1.165, 1.54) is 18.4 Å². The molecule has 3 rings (SSSR count). The minimum atomic E-state index is -0.386. The van der Waals surface area contributed by atoms with Gasteiger partial charge in [-0.2, -0.15) is 5.26 Å². The molecule has 1 aliphatic rings. The van der Waals surface area contributed by atoms with E-state index in [1.807, 2.05) is 19.1 Å². The van der Waals surface area contributed by atoms with Gasteiger partial charge in [-0.05, 0) is 30.5 Å². The van der Waals surface area contributed by atoms with Crippen LogP contribution in [0.25, 0.3) is 0 Å². The molecular weight excluding hydrogens is 338 g/mol. The van der Waals surface area contributed by atoms with Crippen molar-refractivity contribution in [3.63, 3.8) is 0 Å². The molecule has 1 aliphatic heterocycles. The van der Waals surface area contributed by atoms with E-state index in [0.717, 1.165) is 16.0 Å². The van der Waals surface area contributed by atoms with Gasteiger partial charge in [-0.25, -0.2) is 4.79 Å². The van der Waals surface area contributed by atoms with Crippen molar-refractivity contribution in [2.45, 2.75) is 19.9 Å². The summed E-state index contributed by atoms with van der Waals surface area (Å²) in [4.78, 5) is 26.7. The van der Waals surface area contributed by atoms with Crippen LogP contribution in [0.3, 0.4) is 0 Å². The van der Waals surface area contributed by atoms with Gasteiger partial charge in [0.05, 0.1) is 19.2 Å². The van der Waals surface area contributed by atoms with Crippen LogP contribution in [0.2, 0.25) is 0 Å². The monoisotopic (exact) mass is 355 g/mol. The molecule has 1 aromatic heterocycles. The van der Waals surface area contributed by atoms with Crippen LogP contribution in [-0.2, 0) is 17.7 Å². The van der Waals surface area contributed by atoms with E-state index < -0.39 is 0 Å². The van der Waals surface area contributed by atoms with E-state index in [2.05, 4.69) is 11.4 Å². The summed E-state index contributed by atoms with van der Waals surface area (Å²) in [7, 11) is 1.35. The van der Waals surface area contributed by atoms with Crippen molar-refractivity contribution < 1.29 is 14.3 Å². The number of hydrogen-bond donors (Lipinski definition) is 1. The Bertz CT molecular complexity index is 882. The molecule has 6 nitrogen and oxygen atoms in total. The summed E-state index contributed by atoms with van der Waals surface area (Å²) in [5, 5.41) is 12.9. The maximum atomic E-state index is 12.5. The third-order valence-electron chi connectivity index (χ3n) is 4.22. The molecule has 2 amide bonds. The lowest BCUT2D eigenvalue weighted by Crippen LogP contribution is -2.35. The Morgan fingerprint density at radius 1 is 1.36 bits per heavy atom. The molecule has 0 bridgehead atoms.